The fourth-order valence-corrected chi connectivity index (χ4v) is 5.33. The van der Waals surface area contributed by atoms with Gasteiger partial charge in [-0.05, 0) is 64.9 Å². The van der Waals surface area contributed by atoms with Gasteiger partial charge < -0.3 is 0 Å². The molecule has 3 aromatic carbocycles. The molecule has 0 bridgehead atoms. The van der Waals surface area contributed by atoms with E-state index in [0.29, 0.717) is 10.1 Å². The molecule has 0 spiro atoms. The fourth-order valence-electron chi connectivity index (χ4n) is 3.45. The average molecular weight is 372 g/mol. The van der Waals surface area contributed by atoms with Gasteiger partial charge in [-0.25, -0.2) is 0 Å². The van der Waals surface area contributed by atoms with Crippen LogP contribution in [0.15, 0.2) is 48.5 Å². The minimum Gasteiger partial charge on any atom is -0.165 e. The lowest BCUT2D eigenvalue weighted by atomic mass is 9.99. The van der Waals surface area contributed by atoms with Crippen LogP contribution in [0.25, 0.3) is 41.7 Å². The van der Waals surface area contributed by atoms with Gasteiger partial charge in [-0.3, -0.25) is 0 Å². The molecular formula is C20H11F3S2. The van der Waals surface area contributed by atoms with Gasteiger partial charge in [-0.1, -0.05) is 12.1 Å². The monoisotopic (exact) mass is 372 g/mol. The fraction of sp³-hybridized carbons (Fsp3) is 0.100. The Balaban J connectivity index is 1.90. The molecule has 0 aliphatic rings. The number of aryl methyl sites for hydroxylation is 1. The zero-order chi connectivity index (χ0) is 17.3. The molecule has 5 aromatic rings. The normalized spacial score (nSPS) is 12.8. The summed E-state index contributed by atoms with van der Waals surface area (Å²) in [6.07, 6.45) is -4.30. The first-order valence-corrected chi connectivity index (χ1v) is 9.40. The summed E-state index contributed by atoms with van der Waals surface area (Å²) in [5, 5.41) is 5.96. The Morgan fingerprint density at radius 1 is 0.680 bits per heavy atom. The topological polar surface area (TPSA) is 0 Å². The van der Waals surface area contributed by atoms with Gasteiger partial charge in [-0.15, -0.1) is 22.7 Å². The molecule has 5 heteroatoms. The van der Waals surface area contributed by atoms with Gasteiger partial charge in [0.05, 0.1) is 0 Å². The third-order valence-corrected chi connectivity index (χ3v) is 6.72. The first-order chi connectivity index (χ1) is 11.9. The van der Waals surface area contributed by atoms with Gasteiger partial charge in [0.2, 0.25) is 0 Å². The van der Waals surface area contributed by atoms with E-state index < -0.39 is 11.1 Å². The molecule has 2 heterocycles. The third-order valence-electron chi connectivity index (χ3n) is 4.55. The molecule has 0 nitrogen and oxygen atoms in total. The molecule has 0 saturated carbocycles. The molecule has 0 aliphatic heterocycles. The maximum Gasteiger partial charge on any atom is 0.425 e. The van der Waals surface area contributed by atoms with Crippen LogP contribution in [0.3, 0.4) is 0 Å². The van der Waals surface area contributed by atoms with Crippen LogP contribution in [-0.4, -0.2) is 0 Å². The van der Waals surface area contributed by atoms with E-state index in [1.165, 1.54) is 21.0 Å². The highest BCUT2D eigenvalue weighted by Crippen LogP contribution is 2.42. The number of alkyl halides is 3. The number of hydrogen-bond acceptors (Lipinski definition) is 2. The highest BCUT2D eigenvalue weighted by atomic mass is 32.1. The Kier molecular flexibility index (Phi) is 3.01. The van der Waals surface area contributed by atoms with Crippen LogP contribution < -0.4 is 0 Å². The summed E-state index contributed by atoms with van der Waals surface area (Å²) in [5.74, 6) is 0. The largest absolute Gasteiger partial charge is 0.425 e. The lowest BCUT2D eigenvalue weighted by molar-refractivity contribution is -0.134. The second-order valence-electron chi connectivity index (χ2n) is 6.21. The molecule has 124 valence electrons. The Morgan fingerprint density at radius 3 is 1.84 bits per heavy atom. The van der Waals surface area contributed by atoms with E-state index in [4.69, 9.17) is 0 Å². The standard InChI is InChI=1S/C20H11F3S2/c1-10-6-15-13-7-12-3-5-18-16(9-19(25-18)20(21,22)23)14(12)8-11(13)2-4-17(15)24-10/h2-9H,1H3. The van der Waals surface area contributed by atoms with Crippen molar-refractivity contribution >= 4 is 64.4 Å². The minimum absolute atomic E-state index is 0.543. The van der Waals surface area contributed by atoms with Crippen molar-refractivity contribution in [3.8, 4) is 0 Å². The summed E-state index contributed by atoms with van der Waals surface area (Å²) >= 11 is 2.56. The molecule has 0 amide bonds. The molecule has 0 saturated heterocycles. The summed E-state index contributed by atoms with van der Waals surface area (Å²) < 4.78 is 41.1. The van der Waals surface area contributed by atoms with Crippen LogP contribution in [0.2, 0.25) is 0 Å². The second-order valence-corrected chi connectivity index (χ2v) is 8.59. The first-order valence-electron chi connectivity index (χ1n) is 7.76. The number of thiophene rings is 2. The van der Waals surface area contributed by atoms with Crippen LogP contribution in [-0.2, 0) is 6.18 Å². The predicted molar refractivity (Wildman–Crippen MR) is 102 cm³/mol. The smallest absolute Gasteiger partial charge is 0.165 e. The van der Waals surface area contributed by atoms with Gasteiger partial charge in [0, 0.05) is 25.0 Å². The highest BCUT2D eigenvalue weighted by Gasteiger charge is 2.33. The lowest BCUT2D eigenvalue weighted by Gasteiger charge is -2.05. The van der Waals surface area contributed by atoms with Gasteiger partial charge >= 0.3 is 6.18 Å². The number of rotatable bonds is 0. The van der Waals surface area contributed by atoms with E-state index in [1.807, 2.05) is 12.1 Å². The first kappa shape index (κ1) is 15.2. The second kappa shape index (κ2) is 4.96. The Labute approximate surface area is 149 Å². The maximum absolute atomic E-state index is 13.1. The molecule has 0 N–H and O–H groups in total. The molecule has 0 unspecified atom stereocenters. The Bertz CT molecular complexity index is 1290. The van der Waals surface area contributed by atoms with E-state index in [1.54, 1.807) is 17.4 Å². The summed E-state index contributed by atoms with van der Waals surface area (Å²) in [6.45, 7) is 2.09. The van der Waals surface area contributed by atoms with E-state index in [2.05, 4.69) is 31.2 Å². The molecular weight excluding hydrogens is 361 g/mol. The number of halogens is 3. The molecule has 0 atom stereocenters. The summed E-state index contributed by atoms with van der Waals surface area (Å²) in [5.41, 5.74) is 0. The van der Waals surface area contributed by atoms with Crippen LogP contribution in [0, 0.1) is 6.92 Å². The number of hydrogen-bond donors (Lipinski definition) is 0. The SMILES string of the molecule is Cc1cc2c(ccc3cc4c(ccc5sc(C(F)(F)F)cc54)cc32)s1. The van der Waals surface area contributed by atoms with E-state index in [0.717, 1.165) is 32.9 Å². The highest BCUT2D eigenvalue weighted by molar-refractivity contribution is 7.19. The van der Waals surface area contributed by atoms with Crippen molar-refractivity contribution in [2.24, 2.45) is 0 Å². The van der Waals surface area contributed by atoms with Gasteiger partial charge in [-0.2, -0.15) is 13.2 Å². The van der Waals surface area contributed by atoms with Crippen molar-refractivity contribution in [2.45, 2.75) is 13.1 Å². The summed E-state index contributed by atoms with van der Waals surface area (Å²) in [7, 11) is 0. The van der Waals surface area contributed by atoms with Gasteiger partial charge in [0.1, 0.15) is 4.88 Å². The number of fused-ring (bicyclic) bond motifs is 6. The summed E-state index contributed by atoms with van der Waals surface area (Å²) in [6, 6.07) is 15.4. The van der Waals surface area contributed by atoms with E-state index >= 15 is 0 Å². The molecule has 25 heavy (non-hydrogen) atoms. The van der Waals surface area contributed by atoms with Crippen LogP contribution in [0.5, 0.6) is 0 Å². The molecule has 5 rings (SSSR count). The van der Waals surface area contributed by atoms with Crippen molar-refractivity contribution in [3.05, 3.63) is 58.3 Å². The van der Waals surface area contributed by atoms with Crippen molar-refractivity contribution in [1.29, 1.82) is 0 Å². The van der Waals surface area contributed by atoms with Crippen LogP contribution in [0.4, 0.5) is 13.2 Å². The van der Waals surface area contributed by atoms with E-state index in [-0.39, 0.29) is 0 Å². The molecule has 0 aliphatic carbocycles. The average Bonchev–Trinajstić information content (AvgIpc) is 3.15. The zero-order valence-electron chi connectivity index (χ0n) is 13.1. The van der Waals surface area contributed by atoms with Crippen LogP contribution >= 0.6 is 22.7 Å². The molecule has 0 radical (unpaired) electrons. The minimum atomic E-state index is -4.30. The van der Waals surface area contributed by atoms with E-state index in [9.17, 15) is 13.2 Å². The van der Waals surface area contributed by atoms with Gasteiger partial charge in [0.15, 0.2) is 0 Å². The van der Waals surface area contributed by atoms with Crippen molar-refractivity contribution in [2.75, 3.05) is 0 Å². The van der Waals surface area contributed by atoms with Gasteiger partial charge in [0.25, 0.3) is 0 Å². The molecule has 0 fully saturated rings. The quantitative estimate of drug-likeness (QED) is 0.244. The third kappa shape index (κ3) is 2.26. The Morgan fingerprint density at radius 2 is 1.24 bits per heavy atom. The van der Waals surface area contributed by atoms with Crippen molar-refractivity contribution < 1.29 is 13.2 Å². The van der Waals surface area contributed by atoms with Crippen molar-refractivity contribution in [3.63, 3.8) is 0 Å². The Hall–Kier alpha value is -2.11. The zero-order valence-corrected chi connectivity index (χ0v) is 14.7. The lowest BCUT2D eigenvalue weighted by Crippen LogP contribution is -2.00. The maximum atomic E-state index is 13.1. The number of benzene rings is 3. The summed E-state index contributed by atoms with van der Waals surface area (Å²) in [4.78, 5) is 0.713. The van der Waals surface area contributed by atoms with Crippen molar-refractivity contribution in [1.82, 2.24) is 0 Å². The predicted octanol–water partition coefficient (Wildman–Crippen LogP) is 7.75. The molecule has 2 aromatic heterocycles. The van der Waals surface area contributed by atoms with Crippen LogP contribution in [0.1, 0.15) is 9.75 Å².